The average molecular weight is 354 g/mol. The molecule has 0 aliphatic carbocycles. The summed E-state index contributed by atoms with van der Waals surface area (Å²) in [5.74, 6) is 2.46. The minimum atomic E-state index is 0.0350. The molecule has 26 heavy (non-hydrogen) atoms. The molecule has 138 valence electrons. The molecule has 0 saturated carbocycles. The van der Waals surface area contributed by atoms with Crippen LogP contribution in [0.5, 0.6) is 0 Å². The molecule has 2 aliphatic heterocycles. The van der Waals surface area contributed by atoms with Gasteiger partial charge in [-0.2, -0.15) is 5.10 Å². The van der Waals surface area contributed by atoms with E-state index in [2.05, 4.69) is 63.3 Å². The van der Waals surface area contributed by atoms with Gasteiger partial charge in [-0.25, -0.2) is 9.97 Å². The van der Waals surface area contributed by atoms with E-state index in [9.17, 15) is 0 Å². The first-order chi connectivity index (χ1) is 12.5. The van der Waals surface area contributed by atoms with E-state index in [0.717, 1.165) is 61.2 Å². The van der Waals surface area contributed by atoms with Crippen LogP contribution < -0.4 is 10.2 Å². The Balaban J connectivity index is 1.31. The van der Waals surface area contributed by atoms with Crippen molar-refractivity contribution >= 4 is 11.6 Å². The molecule has 2 aliphatic rings. The fourth-order valence-electron chi connectivity index (χ4n) is 3.33. The van der Waals surface area contributed by atoms with Crippen LogP contribution >= 0.6 is 0 Å². The van der Waals surface area contributed by atoms with Crippen molar-refractivity contribution in [1.29, 1.82) is 0 Å². The Morgan fingerprint density at radius 2 is 2.04 bits per heavy atom. The van der Waals surface area contributed by atoms with E-state index < -0.39 is 0 Å². The molecule has 0 atom stereocenters. The van der Waals surface area contributed by atoms with Crippen molar-refractivity contribution in [2.75, 3.05) is 36.5 Å². The molecule has 1 saturated heterocycles. The third kappa shape index (κ3) is 3.49. The first kappa shape index (κ1) is 17.1. The second kappa shape index (κ2) is 6.79. The van der Waals surface area contributed by atoms with E-state index in [-0.39, 0.29) is 5.41 Å². The summed E-state index contributed by atoms with van der Waals surface area (Å²) in [7, 11) is 0. The topological polar surface area (TPSA) is 76.1 Å². The number of aromatic nitrogens is 4. The number of anilines is 2. The zero-order valence-electron chi connectivity index (χ0n) is 15.7. The molecule has 2 aromatic heterocycles. The summed E-state index contributed by atoms with van der Waals surface area (Å²) >= 11 is 0. The van der Waals surface area contributed by atoms with Crippen LogP contribution in [0.1, 0.15) is 37.7 Å². The molecule has 4 heterocycles. The molecular weight excluding hydrogens is 328 g/mol. The van der Waals surface area contributed by atoms with Crippen LogP contribution in [0.4, 0.5) is 11.6 Å². The van der Waals surface area contributed by atoms with Gasteiger partial charge in [-0.15, -0.1) is 5.10 Å². The Labute approximate surface area is 154 Å². The molecule has 7 heteroatoms. The number of nitrogens with one attached hydrogen (secondary N) is 1. The summed E-state index contributed by atoms with van der Waals surface area (Å²) in [5, 5.41) is 12.3. The van der Waals surface area contributed by atoms with Crippen LogP contribution in [0.15, 0.2) is 18.5 Å². The lowest BCUT2D eigenvalue weighted by atomic mass is 9.92. The maximum Gasteiger partial charge on any atom is 0.151 e. The highest BCUT2D eigenvalue weighted by Crippen LogP contribution is 2.26. The summed E-state index contributed by atoms with van der Waals surface area (Å²) in [6, 6.07) is 4.16. The Morgan fingerprint density at radius 1 is 1.19 bits per heavy atom. The van der Waals surface area contributed by atoms with Crippen molar-refractivity contribution in [3.8, 4) is 0 Å². The summed E-state index contributed by atoms with van der Waals surface area (Å²) in [6.07, 6.45) is 2.51. The Kier molecular flexibility index (Phi) is 4.48. The standard InChI is InChI=1S/C19H26N6O/c1-19(2,3)16-4-5-17(24-23-16)25-9-13(10-25)8-20-18-14-11-26-7-6-15(14)21-12-22-18/h4-5,12-13H,6-11H2,1-3H3,(H,20,21,22). The minimum absolute atomic E-state index is 0.0350. The van der Waals surface area contributed by atoms with Crippen molar-refractivity contribution in [2.45, 2.75) is 39.2 Å². The van der Waals surface area contributed by atoms with Gasteiger partial charge in [0.25, 0.3) is 0 Å². The van der Waals surface area contributed by atoms with Gasteiger partial charge in [0.15, 0.2) is 5.82 Å². The largest absolute Gasteiger partial charge is 0.376 e. The average Bonchev–Trinajstić information content (AvgIpc) is 2.60. The maximum absolute atomic E-state index is 5.55. The third-order valence-corrected chi connectivity index (χ3v) is 5.02. The first-order valence-corrected chi connectivity index (χ1v) is 9.24. The Bertz CT molecular complexity index is 765. The second-order valence-electron chi connectivity index (χ2n) is 8.13. The van der Waals surface area contributed by atoms with E-state index in [4.69, 9.17) is 4.74 Å². The number of rotatable bonds is 4. The molecule has 2 aromatic rings. The van der Waals surface area contributed by atoms with Crippen molar-refractivity contribution in [2.24, 2.45) is 5.92 Å². The summed E-state index contributed by atoms with van der Waals surface area (Å²) in [5.41, 5.74) is 3.28. The normalized spacial score (nSPS) is 17.6. The van der Waals surface area contributed by atoms with Crippen molar-refractivity contribution in [3.05, 3.63) is 35.4 Å². The lowest BCUT2D eigenvalue weighted by Gasteiger charge is -2.40. The summed E-state index contributed by atoms with van der Waals surface area (Å²) < 4.78 is 5.55. The van der Waals surface area contributed by atoms with Crippen molar-refractivity contribution in [3.63, 3.8) is 0 Å². The van der Waals surface area contributed by atoms with E-state index in [1.807, 2.05) is 0 Å². The number of hydrogen-bond acceptors (Lipinski definition) is 7. The van der Waals surface area contributed by atoms with Gasteiger partial charge in [0.05, 0.1) is 24.6 Å². The molecule has 0 amide bonds. The number of hydrogen-bond donors (Lipinski definition) is 1. The Hall–Kier alpha value is -2.28. The van der Waals surface area contributed by atoms with Crippen LogP contribution in [0.2, 0.25) is 0 Å². The lowest BCUT2D eigenvalue weighted by molar-refractivity contribution is 0.109. The van der Waals surface area contributed by atoms with Crippen LogP contribution in [-0.4, -0.2) is 46.4 Å². The molecule has 1 fully saturated rings. The van der Waals surface area contributed by atoms with Gasteiger partial charge >= 0.3 is 0 Å². The zero-order valence-corrected chi connectivity index (χ0v) is 15.7. The molecule has 0 bridgehead atoms. The molecule has 0 aromatic carbocycles. The highest BCUT2D eigenvalue weighted by molar-refractivity contribution is 5.47. The zero-order chi connectivity index (χ0) is 18.1. The molecule has 7 nitrogen and oxygen atoms in total. The van der Waals surface area contributed by atoms with Gasteiger partial charge in [-0.05, 0) is 12.1 Å². The quantitative estimate of drug-likeness (QED) is 0.902. The third-order valence-electron chi connectivity index (χ3n) is 5.02. The number of nitrogens with zero attached hydrogens (tertiary/aromatic N) is 5. The van der Waals surface area contributed by atoms with E-state index >= 15 is 0 Å². The fraction of sp³-hybridized carbons (Fsp3) is 0.579. The van der Waals surface area contributed by atoms with Crippen LogP contribution in [-0.2, 0) is 23.2 Å². The number of fused-ring (bicyclic) bond motifs is 1. The van der Waals surface area contributed by atoms with E-state index in [0.29, 0.717) is 12.5 Å². The predicted octanol–water partition coefficient (Wildman–Crippen LogP) is 2.19. The Morgan fingerprint density at radius 3 is 2.77 bits per heavy atom. The molecular formula is C19H26N6O. The molecule has 0 unspecified atom stereocenters. The van der Waals surface area contributed by atoms with Gasteiger partial charge in [-0.3, -0.25) is 0 Å². The van der Waals surface area contributed by atoms with Gasteiger partial charge in [-0.1, -0.05) is 20.8 Å². The summed E-state index contributed by atoms with van der Waals surface area (Å²) in [4.78, 5) is 11.0. The molecule has 0 radical (unpaired) electrons. The van der Waals surface area contributed by atoms with Gasteiger partial charge < -0.3 is 15.0 Å². The van der Waals surface area contributed by atoms with Crippen LogP contribution in [0.3, 0.4) is 0 Å². The molecule has 0 spiro atoms. The van der Waals surface area contributed by atoms with E-state index in [1.165, 1.54) is 0 Å². The van der Waals surface area contributed by atoms with Crippen molar-refractivity contribution < 1.29 is 4.74 Å². The highest BCUT2D eigenvalue weighted by Gasteiger charge is 2.29. The molecule has 4 rings (SSSR count). The SMILES string of the molecule is CC(C)(C)c1ccc(N2CC(CNc3ncnc4c3COCC4)C2)nn1. The van der Waals surface area contributed by atoms with Crippen LogP contribution in [0, 0.1) is 5.92 Å². The second-order valence-corrected chi connectivity index (χ2v) is 8.13. The number of ether oxygens (including phenoxy) is 1. The van der Waals surface area contributed by atoms with Crippen LogP contribution in [0.25, 0.3) is 0 Å². The fourth-order valence-corrected chi connectivity index (χ4v) is 3.33. The highest BCUT2D eigenvalue weighted by atomic mass is 16.5. The molecule has 1 N–H and O–H groups in total. The van der Waals surface area contributed by atoms with Gasteiger partial charge in [0, 0.05) is 43.0 Å². The monoisotopic (exact) mass is 354 g/mol. The smallest absolute Gasteiger partial charge is 0.151 e. The maximum atomic E-state index is 5.55. The summed E-state index contributed by atoms with van der Waals surface area (Å²) in [6.45, 7) is 10.7. The predicted molar refractivity (Wildman–Crippen MR) is 100 cm³/mol. The first-order valence-electron chi connectivity index (χ1n) is 9.24. The van der Waals surface area contributed by atoms with Crippen molar-refractivity contribution in [1.82, 2.24) is 20.2 Å². The van der Waals surface area contributed by atoms with Gasteiger partial charge in [0.1, 0.15) is 12.1 Å². The van der Waals surface area contributed by atoms with E-state index in [1.54, 1.807) is 6.33 Å². The van der Waals surface area contributed by atoms with Gasteiger partial charge in [0.2, 0.25) is 0 Å². The minimum Gasteiger partial charge on any atom is -0.376 e. The lowest BCUT2D eigenvalue weighted by Crippen LogP contribution is -2.50.